The first-order valence-corrected chi connectivity index (χ1v) is 9.90. The molecule has 0 saturated heterocycles. The minimum atomic E-state index is -3.77. The fourth-order valence-electron chi connectivity index (χ4n) is 2.48. The Labute approximate surface area is 164 Å². The van der Waals surface area contributed by atoms with Gasteiger partial charge < -0.3 is 15.0 Å². The van der Waals surface area contributed by atoms with Crippen molar-refractivity contribution >= 4 is 32.9 Å². The Hall–Kier alpha value is -3.33. The summed E-state index contributed by atoms with van der Waals surface area (Å²) in [6.45, 7) is 0. The number of ether oxygens (including phenoxy) is 1. The third kappa shape index (κ3) is 4.49. The second kappa shape index (κ2) is 8.13. The zero-order valence-corrected chi connectivity index (χ0v) is 16.6. The van der Waals surface area contributed by atoms with Gasteiger partial charge in [-0.1, -0.05) is 12.1 Å². The van der Waals surface area contributed by atoms with Crippen molar-refractivity contribution in [2.45, 2.75) is 4.90 Å². The molecule has 8 nitrogen and oxygen atoms in total. The highest BCUT2D eigenvalue weighted by atomic mass is 32.2. The highest BCUT2D eigenvalue weighted by molar-refractivity contribution is 7.92. The summed E-state index contributed by atoms with van der Waals surface area (Å²) in [5.41, 5.74) is 2.11. The summed E-state index contributed by atoms with van der Waals surface area (Å²) < 4.78 is 32.9. The summed E-state index contributed by atoms with van der Waals surface area (Å²) >= 11 is 0. The van der Waals surface area contributed by atoms with E-state index in [1.54, 1.807) is 48.7 Å². The van der Waals surface area contributed by atoms with Crippen molar-refractivity contribution < 1.29 is 13.2 Å². The van der Waals surface area contributed by atoms with Gasteiger partial charge in [-0.2, -0.15) is 5.10 Å². The van der Waals surface area contributed by atoms with Crippen LogP contribution in [0, 0.1) is 0 Å². The highest BCUT2D eigenvalue weighted by Crippen LogP contribution is 2.26. The zero-order chi connectivity index (χ0) is 20.1. The van der Waals surface area contributed by atoms with Crippen LogP contribution in [0.15, 0.2) is 65.7 Å². The lowest BCUT2D eigenvalue weighted by Crippen LogP contribution is -2.14. The molecule has 0 saturated carbocycles. The Morgan fingerprint density at radius 1 is 1.00 bits per heavy atom. The smallest absolute Gasteiger partial charge is 0.265 e. The van der Waals surface area contributed by atoms with Crippen LogP contribution in [0.4, 0.5) is 22.9 Å². The van der Waals surface area contributed by atoms with Gasteiger partial charge in [0.2, 0.25) is 0 Å². The molecule has 1 aromatic heterocycles. The van der Waals surface area contributed by atoms with Crippen LogP contribution in [0.2, 0.25) is 0 Å². The van der Waals surface area contributed by atoms with E-state index in [-0.39, 0.29) is 10.6 Å². The average Bonchev–Trinajstić information content (AvgIpc) is 2.69. The summed E-state index contributed by atoms with van der Waals surface area (Å²) in [4.78, 5) is 2.01. The second-order valence-electron chi connectivity index (χ2n) is 6.15. The Bertz CT molecular complexity index is 1050. The van der Waals surface area contributed by atoms with Crippen LogP contribution in [0.3, 0.4) is 0 Å². The topological polar surface area (TPSA) is 96.5 Å². The average molecular weight is 399 g/mol. The van der Waals surface area contributed by atoms with E-state index in [4.69, 9.17) is 4.74 Å². The number of benzene rings is 2. The number of rotatable bonds is 7. The van der Waals surface area contributed by atoms with Gasteiger partial charge in [0.1, 0.15) is 10.6 Å². The number of aromatic nitrogens is 2. The van der Waals surface area contributed by atoms with Crippen molar-refractivity contribution in [3.8, 4) is 5.75 Å². The first-order chi connectivity index (χ1) is 13.4. The molecule has 0 radical (unpaired) electrons. The summed E-state index contributed by atoms with van der Waals surface area (Å²) in [6.07, 6.45) is 1.67. The minimum Gasteiger partial charge on any atom is -0.495 e. The molecule has 3 aromatic rings. The number of methoxy groups -OCH3 is 1. The number of hydrogen-bond donors (Lipinski definition) is 2. The number of para-hydroxylation sites is 1. The van der Waals surface area contributed by atoms with E-state index < -0.39 is 10.0 Å². The van der Waals surface area contributed by atoms with Crippen LogP contribution in [0.1, 0.15) is 0 Å². The summed E-state index contributed by atoms with van der Waals surface area (Å²) in [5, 5.41) is 11.1. The molecule has 0 bridgehead atoms. The van der Waals surface area contributed by atoms with E-state index in [0.29, 0.717) is 11.5 Å². The molecular formula is C19H21N5O3S. The Morgan fingerprint density at radius 2 is 1.68 bits per heavy atom. The molecule has 0 aliphatic carbocycles. The standard InChI is InChI=1S/C19H21N5O3S/c1-24(2)16-12-19(22-20-13-16)21-14-8-10-15(11-9-14)23-28(25,26)18-7-5-4-6-17(18)27-3/h4-13,23H,1-3H3,(H,21,22). The maximum Gasteiger partial charge on any atom is 0.265 e. The van der Waals surface area contributed by atoms with Gasteiger partial charge in [-0.15, -0.1) is 5.10 Å². The Balaban J connectivity index is 1.75. The maximum absolute atomic E-state index is 12.6. The van der Waals surface area contributed by atoms with E-state index in [2.05, 4.69) is 20.2 Å². The SMILES string of the molecule is COc1ccccc1S(=O)(=O)Nc1ccc(Nc2cc(N(C)C)cnn2)cc1. The van der Waals surface area contributed by atoms with Gasteiger partial charge in [-0.05, 0) is 36.4 Å². The fourth-order valence-corrected chi connectivity index (χ4v) is 3.71. The van der Waals surface area contributed by atoms with Crippen LogP contribution in [-0.4, -0.2) is 39.8 Å². The first kappa shape index (κ1) is 19.4. The molecule has 146 valence electrons. The predicted molar refractivity (Wildman–Crippen MR) is 110 cm³/mol. The predicted octanol–water partition coefficient (Wildman–Crippen LogP) is 3.10. The summed E-state index contributed by atoms with van der Waals surface area (Å²) in [6, 6.07) is 15.2. The molecule has 0 spiro atoms. The number of hydrogen-bond acceptors (Lipinski definition) is 7. The van der Waals surface area contributed by atoms with Crippen molar-refractivity contribution in [1.29, 1.82) is 0 Å². The van der Waals surface area contributed by atoms with Crippen molar-refractivity contribution in [2.75, 3.05) is 36.1 Å². The van der Waals surface area contributed by atoms with Crippen LogP contribution in [0.5, 0.6) is 5.75 Å². The van der Waals surface area contributed by atoms with Crippen molar-refractivity contribution in [2.24, 2.45) is 0 Å². The van der Waals surface area contributed by atoms with Gasteiger partial charge in [0.05, 0.1) is 19.0 Å². The summed E-state index contributed by atoms with van der Waals surface area (Å²) in [7, 11) is 1.51. The van der Waals surface area contributed by atoms with Gasteiger partial charge in [-0.25, -0.2) is 8.42 Å². The molecule has 0 aliphatic heterocycles. The van der Waals surface area contributed by atoms with Crippen LogP contribution >= 0.6 is 0 Å². The quantitative estimate of drug-likeness (QED) is 0.630. The first-order valence-electron chi connectivity index (χ1n) is 8.42. The minimum absolute atomic E-state index is 0.0791. The second-order valence-corrected chi connectivity index (χ2v) is 7.80. The van der Waals surface area contributed by atoms with Crippen LogP contribution < -0.4 is 19.7 Å². The molecule has 0 aliphatic rings. The molecular weight excluding hydrogens is 378 g/mol. The lowest BCUT2D eigenvalue weighted by Gasteiger charge is -2.13. The van der Waals surface area contributed by atoms with Gasteiger partial charge in [0, 0.05) is 31.5 Å². The fraction of sp³-hybridized carbons (Fsp3) is 0.158. The third-order valence-electron chi connectivity index (χ3n) is 3.92. The molecule has 0 fully saturated rings. The highest BCUT2D eigenvalue weighted by Gasteiger charge is 2.18. The Kier molecular flexibility index (Phi) is 5.65. The molecule has 2 N–H and O–H groups in total. The molecule has 3 rings (SSSR count). The Morgan fingerprint density at radius 3 is 2.36 bits per heavy atom. The monoisotopic (exact) mass is 399 g/mol. The summed E-state index contributed by atoms with van der Waals surface area (Å²) in [5.74, 6) is 0.876. The number of sulfonamides is 1. The lowest BCUT2D eigenvalue weighted by molar-refractivity contribution is 0.403. The number of anilines is 4. The van der Waals surface area contributed by atoms with Crippen LogP contribution in [-0.2, 0) is 10.0 Å². The number of nitrogens with one attached hydrogen (secondary N) is 2. The van der Waals surface area contributed by atoms with E-state index in [1.165, 1.54) is 13.2 Å². The van der Waals surface area contributed by atoms with E-state index in [1.807, 2.05) is 25.1 Å². The van der Waals surface area contributed by atoms with Gasteiger partial charge >= 0.3 is 0 Å². The van der Waals surface area contributed by atoms with Crippen molar-refractivity contribution in [3.05, 3.63) is 60.8 Å². The molecule has 0 unspecified atom stereocenters. The lowest BCUT2D eigenvalue weighted by atomic mass is 10.3. The van der Waals surface area contributed by atoms with Crippen LogP contribution in [0.25, 0.3) is 0 Å². The van der Waals surface area contributed by atoms with Gasteiger partial charge in [0.15, 0.2) is 5.82 Å². The molecule has 9 heteroatoms. The van der Waals surface area contributed by atoms with Gasteiger partial charge in [0.25, 0.3) is 10.0 Å². The van der Waals surface area contributed by atoms with Crippen molar-refractivity contribution in [1.82, 2.24) is 10.2 Å². The van der Waals surface area contributed by atoms with Crippen molar-refractivity contribution in [3.63, 3.8) is 0 Å². The molecule has 0 amide bonds. The largest absolute Gasteiger partial charge is 0.495 e. The normalized spacial score (nSPS) is 11.0. The van der Waals surface area contributed by atoms with Gasteiger partial charge in [-0.3, -0.25) is 4.72 Å². The van der Waals surface area contributed by atoms with E-state index in [9.17, 15) is 8.42 Å². The molecule has 0 atom stereocenters. The molecule has 2 aromatic carbocycles. The van der Waals surface area contributed by atoms with E-state index >= 15 is 0 Å². The van der Waals surface area contributed by atoms with E-state index in [0.717, 1.165) is 11.4 Å². The third-order valence-corrected chi connectivity index (χ3v) is 5.35. The zero-order valence-electron chi connectivity index (χ0n) is 15.7. The maximum atomic E-state index is 12.6. The number of nitrogens with zero attached hydrogens (tertiary/aromatic N) is 3. The molecule has 1 heterocycles. The molecule has 28 heavy (non-hydrogen) atoms.